The highest BCUT2D eigenvalue weighted by atomic mass is 16.5. The van der Waals surface area contributed by atoms with Gasteiger partial charge in [0.25, 0.3) is 0 Å². The zero-order chi connectivity index (χ0) is 28.4. The van der Waals surface area contributed by atoms with Crippen molar-refractivity contribution in [2.24, 2.45) is 0 Å². The molecule has 0 radical (unpaired) electrons. The molecule has 0 saturated carbocycles. The lowest BCUT2D eigenvalue weighted by atomic mass is 9.85. The molecule has 3 aliphatic heterocycles. The minimum atomic E-state index is -0.222. The smallest absolute Gasteiger partial charge is 0.248 e. The molecule has 3 aliphatic rings. The molecule has 0 spiro atoms. The highest BCUT2D eigenvalue weighted by molar-refractivity contribution is 5.77. The van der Waals surface area contributed by atoms with Crippen LogP contribution in [0.15, 0.2) is 42.5 Å². The van der Waals surface area contributed by atoms with Crippen LogP contribution in [0.1, 0.15) is 23.5 Å². The lowest BCUT2D eigenvalue weighted by Crippen LogP contribution is -2.51. The van der Waals surface area contributed by atoms with Gasteiger partial charge in [0.2, 0.25) is 5.91 Å². The van der Waals surface area contributed by atoms with Gasteiger partial charge in [-0.2, -0.15) is 0 Å². The molecule has 10 heteroatoms. The van der Waals surface area contributed by atoms with Gasteiger partial charge in [-0.05, 0) is 41.8 Å². The fraction of sp³-hybridized carbons (Fsp3) is 0.581. The summed E-state index contributed by atoms with van der Waals surface area (Å²) in [5, 5.41) is 3.47. The average molecular weight is 570 g/mol. The zero-order valence-electron chi connectivity index (χ0n) is 24.2. The third-order valence-corrected chi connectivity index (χ3v) is 8.00. The number of rotatable bonds is 12. The summed E-state index contributed by atoms with van der Waals surface area (Å²) in [6, 6.07) is 14.4. The molecular formula is C31H43N3O7. The Hall–Kier alpha value is -2.89. The molecule has 2 aromatic rings. The quantitative estimate of drug-likeness (QED) is 0.387. The number of fused-ring (bicyclic) bond motifs is 1. The second kappa shape index (κ2) is 14.8. The molecule has 2 saturated heterocycles. The molecule has 1 N–H and O–H groups in total. The van der Waals surface area contributed by atoms with Crippen molar-refractivity contribution in [2.75, 3.05) is 91.4 Å². The molecule has 10 nitrogen and oxygen atoms in total. The molecule has 1 unspecified atom stereocenters. The first-order chi connectivity index (χ1) is 20.2. The van der Waals surface area contributed by atoms with Crippen LogP contribution in [0.2, 0.25) is 0 Å². The molecule has 0 bridgehead atoms. The van der Waals surface area contributed by atoms with E-state index in [0.29, 0.717) is 52.6 Å². The minimum absolute atomic E-state index is 0.00356. The number of ether oxygens (including phenoxy) is 6. The van der Waals surface area contributed by atoms with Gasteiger partial charge >= 0.3 is 0 Å². The highest BCUT2D eigenvalue weighted by Gasteiger charge is 2.37. The van der Waals surface area contributed by atoms with Gasteiger partial charge in [-0.1, -0.05) is 18.2 Å². The van der Waals surface area contributed by atoms with Crippen molar-refractivity contribution < 1.29 is 33.2 Å². The highest BCUT2D eigenvalue weighted by Crippen LogP contribution is 2.35. The normalized spacial score (nSPS) is 22.6. The SMILES string of the molecule is COCCCN1CCOc2ccc(CO[C@H]3CNC[C@@H](OCC(=O)N4CCOCC4)C3c3ccc(OC)cc3)cc21. The van der Waals surface area contributed by atoms with Crippen LogP contribution < -0.4 is 19.7 Å². The van der Waals surface area contributed by atoms with Gasteiger partial charge in [-0.25, -0.2) is 0 Å². The van der Waals surface area contributed by atoms with Crippen molar-refractivity contribution in [3.05, 3.63) is 53.6 Å². The number of amides is 1. The van der Waals surface area contributed by atoms with Gasteiger partial charge in [-0.15, -0.1) is 0 Å². The van der Waals surface area contributed by atoms with Gasteiger partial charge in [-0.3, -0.25) is 4.79 Å². The number of benzene rings is 2. The topological polar surface area (TPSA) is 91.0 Å². The van der Waals surface area contributed by atoms with E-state index in [4.69, 9.17) is 28.4 Å². The van der Waals surface area contributed by atoms with E-state index in [0.717, 1.165) is 54.4 Å². The summed E-state index contributed by atoms with van der Waals surface area (Å²) in [5.74, 6) is 1.65. The maximum Gasteiger partial charge on any atom is 0.248 e. The Labute approximate surface area is 242 Å². The molecule has 2 fully saturated rings. The second-order valence-electron chi connectivity index (χ2n) is 10.6. The molecule has 1 amide bonds. The Morgan fingerprint density at radius 3 is 2.51 bits per heavy atom. The number of carbonyl (C=O) groups is 1. The number of methoxy groups -OCH3 is 2. The van der Waals surface area contributed by atoms with Crippen LogP contribution in [0.3, 0.4) is 0 Å². The Balaban J connectivity index is 1.28. The Kier molecular flexibility index (Phi) is 10.7. The van der Waals surface area contributed by atoms with Crippen molar-refractivity contribution in [2.45, 2.75) is 31.2 Å². The second-order valence-corrected chi connectivity index (χ2v) is 10.6. The van der Waals surface area contributed by atoms with E-state index in [2.05, 4.69) is 34.5 Å². The van der Waals surface area contributed by atoms with E-state index in [1.165, 1.54) is 0 Å². The molecule has 3 atom stereocenters. The molecule has 0 aromatic heterocycles. The van der Waals surface area contributed by atoms with Crippen LogP contribution in [0.5, 0.6) is 11.5 Å². The minimum Gasteiger partial charge on any atom is -0.497 e. The summed E-state index contributed by atoms with van der Waals surface area (Å²) in [5.41, 5.74) is 3.29. The van der Waals surface area contributed by atoms with Crippen LogP contribution in [0.25, 0.3) is 0 Å². The maximum absolute atomic E-state index is 12.8. The fourth-order valence-electron chi connectivity index (χ4n) is 5.77. The Bertz CT molecular complexity index is 1110. The predicted molar refractivity (Wildman–Crippen MR) is 155 cm³/mol. The number of piperidine rings is 1. The first kappa shape index (κ1) is 29.6. The number of hydrogen-bond donors (Lipinski definition) is 1. The first-order valence-corrected chi connectivity index (χ1v) is 14.6. The molecule has 5 rings (SSSR count). The van der Waals surface area contributed by atoms with Crippen molar-refractivity contribution >= 4 is 11.6 Å². The molecule has 0 aliphatic carbocycles. The van der Waals surface area contributed by atoms with E-state index in [1.54, 1.807) is 14.2 Å². The van der Waals surface area contributed by atoms with Crippen LogP contribution >= 0.6 is 0 Å². The van der Waals surface area contributed by atoms with Crippen LogP contribution in [-0.2, 0) is 30.3 Å². The van der Waals surface area contributed by atoms with Crippen molar-refractivity contribution in [1.29, 1.82) is 0 Å². The molecular weight excluding hydrogens is 526 g/mol. The average Bonchev–Trinajstić information content (AvgIpc) is 3.03. The van der Waals surface area contributed by atoms with Gasteiger partial charge in [0, 0.05) is 52.4 Å². The van der Waals surface area contributed by atoms with Crippen LogP contribution in [-0.4, -0.2) is 110 Å². The summed E-state index contributed by atoms with van der Waals surface area (Å²) in [4.78, 5) is 17.0. The van der Waals surface area contributed by atoms with Gasteiger partial charge in [0.1, 0.15) is 24.7 Å². The number of nitrogens with one attached hydrogen (secondary N) is 1. The van der Waals surface area contributed by atoms with Crippen LogP contribution in [0.4, 0.5) is 5.69 Å². The lowest BCUT2D eigenvalue weighted by Gasteiger charge is -2.39. The van der Waals surface area contributed by atoms with Gasteiger partial charge in [0.05, 0.1) is 51.4 Å². The summed E-state index contributed by atoms with van der Waals surface area (Å²) >= 11 is 0. The van der Waals surface area contributed by atoms with Crippen molar-refractivity contribution in [1.82, 2.24) is 10.2 Å². The molecule has 41 heavy (non-hydrogen) atoms. The summed E-state index contributed by atoms with van der Waals surface area (Å²) in [6.45, 7) is 7.36. The third kappa shape index (κ3) is 7.69. The summed E-state index contributed by atoms with van der Waals surface area (Å²) in [6.07, 6.45) is 0.592. The standard InChI is InChI=1S/C31H43N3O7/c1-36-14-3-10-33-13-17-39-27-9-4-23(18-26(27)33)21-40-28-19-32-20-29(31(28)24-5-7-25(37-2)8-6-24)41-22-30(35)34-11-15-38-16-12-34/h4-9,18,28-29,31-32H,3,10-17,19-22H2,1-2H3/t28-,29+,31?/m0/s1. The van der Waals surface area contributed by atoms with Gasteiger partial charge < -0.3 is 43.5 Å². The largest absolute Gasteiger partial charge is 0.497 e. The molecule has 2 aromatic carbocycles. The van der Waals surface area contributed by atoms with Crippen LogP contribution in [0, 0.1) is 0 Å². The number of carbonyl (C=O) groups excluding carboxylic acids is 1. The molecule has 3 heterocycles. The fourth-order valence-corrected chi connectivity index (χ4v) is 5.77. The number of nitrogens with zero attached hydrogens (tertiary/aromatic N) is 2. The number of morpholine rings is 1. The van der Waals surface area contributed by atoms with Crippen molar-refractivity contribution in [3.63, 3.8) is 0 Å². The Morgan fingerprint density at radius 1 is 0.976 bits per heavy atom. The Morgan fingerprint density at radius 2 is 1.76 bits per heavy atom. The molecule has 224 valence electrons. The zero-order valence-corrected chi connectivity index (χ0v) is 24.2. The number of anilines is 1. The van der Waals surface area contributed by atoms with E-state index in [1.807, 2.05) is 23.1 Å². The van der Waals surface area contributed by atoms with E-state index in [-0.39, 0.29) is 30.6 Å². The van der Waals surface area contributed by atoms with E-state index >= 15 is 0 Å². The summed E-state index contributed by atoms with van der Waals surface area (Å²) in [7, 11) is 3.40. The van der Waals surface area contributed by atoms with Crippen molar-refractivity contribution in [3.8, 4) is 11.5 Å². The lowest BCUT2D eigenvalue weighted by molar-refractivity contribution is -0.144. The van der Waals surface area contributed by atoms with Gasteiger partial charge in [0.15, 0.2) is 0 Å². The predicted octanol–water partition coefficient (Wildman–Crippen LogP) is 2.45. The monoisotopic (exact) mass is 569 g/mol. The van der Waals surface area contributed by atoms with E-state index in [9.17, 15) is 4.79 Å². The number of hydrogen-bond acceptors (Lipinski definition) is 9. The maximum atomic E-state index is 12.8. The summed E-state index contributed by atoms with van der Waals surface area (Å²) < 4.78 is 34.9. The third-order valence-electron chi connectivity index (χ3n) is 8.00. The van der Waals surface area contributed by atoms with E-state index < -0.39 is 0 Å². The first-order valence-electron chi connectivity index (χ1n) is 14.6.